The first-order valence-electron chi connectivity index (χ1n) is 9.37. The molecule has 3 rings (SSSR count). The van der Waals surface area contributed by atoms with E-state index in [1.807, 2.05) is 0 Å². The van der Waals surface area contributed by atoms with Crippen LogP contribution >= 0.6 is 11.6 Å². The fourth-order valence-electron chi connectivity index (χ4n) is 2.78. The second kappa shape index (κ2) is 9.49. The van der Waals surface area contributed by atoms with E-state index in [1.54, 1.807) is 25.1 Å². The molecule has 1 atom stereocenters. The molecule has 1 heterocycles. The number of aromatic amines is 1. The van der Waals surface area contributed by atoms with Gasteiger partial charge in [-0.25, -0.2) is 18.5 Å². The molecule has 1 aromatic heterocycles. The zero-order chi connectivity index (χ0) is 24.3. The van der Waals surface area contributed by atoms with Crippen molar-refractivity contribution in [3.63, 3.8) is 0 Å². The lowest BCUT2D eigenvalue weighted by Gasteiger charge is -2.18. The second-order valence-corrected chi connectivity index (χ2v) is 7.05. The Hall–Kier alpha value is -3.60. The van der Waals surface area contributed by atoms with E-state index in [-0.39, 0.29) is 33.6 Å². The number of alkyl halides is 3. The summed E-state index contributed by atoms with van der Waals surface area (Å²) in [6.07, 6.45) is -6.09. The molecule has 1 N–H and O–H groups in total. The average molecular weight is 487 g/mol. The third-order valence-electron chi connectivity index (χ3n) is 4.35. The number of carbonyl (C=O) groups excluding carboxylic acids is 1. The topological polar surface area (TPSA) is 90.4 Å². The number of hydrogen-bond acceptors (Lipinski definition) is 5. The highest BCUT2D eigenvalue weighted by Crippen LogP contribution is 2.31. The smallest absolute Gasteiger partial charge is 0.431 e. The number of hydrogen-bond donors (Lipinski definition) is 1. The van der Waals surface area contributed by atoms with Crippen LogP contribution in [0, 0.1) is 5.82 Å². The SMILES string of the molecule is CCC(Oc1cc(-n2c(=O)cc(C(F)(F)F)[nH]c2=O)c(F)cc1Cl)C(=O)Oc1ccccc1. The molecule has 7 nitrogen and oxygen atoms in total. The van der Waals surface area contributed by atoms with Crippen molar-refractivity contribution >= 4 is 17.6 Å². The Morgan fingerprint density at radius 1 is 1.15 bits per heavy atom. The van der Waals surface area contributed by atoms with Crippen molar-refractivity contribution in [2.45, 2.75) is 25.6 Å². The van der Waals surface area contributed by atoms with Gasteiger partial charge in [0, 0.05) is 12.1 Å². The number of para-hydroxylation sites is 1. The predicted molar refractivity (Wildman–Crippen MR) is 109 cm³/mol. The molecule has 174 valence electrons. The van der Waals surface area contributed by atoms with Gasteiger partial charge in [-0.2, -0.15) is 13.2 Å². The van der Waals surface area contributed by atoms with Crippen molar-refractivity contribution < 1.29 is 31.8 Å². The summed E-state index contributed by atoms with van der Waals surface area (Å²) in [7, 11) is 0. The van der Waals surface area contributed by atoms with Gasteiger partial charge in [-0.05, 0) is 24.6 Å². The fraction of sp³-hybridized carbons (Fsp3) is 0.190. The highest BCUT2D eigenvalue weighted by Gasteiger charge is 2.33. The van der Waals surface area contributed by atoms with Crippen molar-refractivity contribution in [1.29, 1.82) is 0 Å². The normalized spacial score (nSPS) is 12.3. The number of esters is 1. The summed E-state index contributed by atoms with van der Waals surface area (Å²) in [6.45, 7) is 1.60. The number of nitrogens with one attached hydrogen (secondary N) is 1. The lowest BCUT2D eigenvalue weighted by molar-refractivity contribution is -0.142. The first kappa shape index (κ1) is 24.1. The zero-order valence-corrected chi connectivity index (χ0v) is 17.5. The monoisotopic (exact) mass is 486 g/mol. The molecule has 0 radical (unpaired) electrons. The number of H-pyrrole nitrogens is 1. The van der Waals surface area contributed by atoms with Crippen molar-refractivity contribution in [1.82, 2.24) is 9.55 Å². The summed E-state index contributed by atoms with van der Waals surface area (Å²) >= 11 is 5.98. The Labute approximate surface area is 188 Å². The molecule has 0 aliphatic heterocycles. The van der Waals surface area contributed by atoms with E-state index >= 15 is 0 Å². The van der Waals surface area contributed by atoms with Gasteiger partial charge in [0.25, 0.3) is 5.56 Å². The number of halogens is 5. The Balaban J connectivity index is 1.97. The highest BCUT2D eigenvalue weighted by molar-refractivity contribution is 6.32. The van der Waals surface area contributed by atoms with Crippen molar-refractivity contribution in [2.75, 3.05) is 0 Å². The molecular weight excluding hydrogens is 472 g/mol. The van der Waals surface area contributed by atoms with Crippen LogP contribution in [0.5, 0.6) is 11.5 Å². The molecule has 3 aromatic rings. The van der Waals surface area contributed by atoms with Crippen LogP contribution in [0.25, 0.3) is 5.69 Å². The van der Waals surface area contributed by atoms with Gasteiger partial charge in [-0.3, -0.25) is 4.79 Å². The molecule has 33 heavy (non-hydrogen) atoms. The number of nitrogens with zero attached hydrogens (tertiary/aromatic N) is 1. The standard InChI is InChI=1S/C21H15ClF4N2O5/c1-2-15(19(30)32-11-6-4-3-5-7-11)33-16-9-14(13(23)8-12(16)22)28-18(29)10-17(21(24,25)26)27-20(28)31/h3-10,15H,2H2,1H3,(H,27,31). The summed E-state index contributed by atoms with van der Waals surface area (Å²) in [5.41, 5.74) is -5.28. The molecule has 0 bridgehead atoms. The summed E-state index contributed by atoms with van der Waals surface area (Å²) in [4.78, 5) is 38.2. The first-order chi connectivity index (χ1) is 15.5. The van der Waals surface area contributed by atoms with Crippen LogP contribution in [0.2, 0.25) is 5.02 Å². The van der Waals surface area contributed by atoms with Crippen LogP contribution in [0.4, 0.5) is 17.6 Å². The van der Waals surface area contributed by atoms with Gasteiger partial charge in [0.15, 0.2) is 6.10 Å². The minimum absolute atomic E-state index is 0.107. The maximum atomic E-state index is 14.5. The number of aromatic nitrogens is 2. The minimum Gasteiger partial charge on any atom is -0.477 e. The molecule has 1 unspecified atom stereocenters. The number of ether oxygens (including phenoxy) is 2. The Kier molecular flexibility index (Phi) is 6.92. The molecule has 12 heteroatoms. The average Bonchev–Trinajstić information content (AvgIpc) is 2.73. The maximum absolute atomic E-state index is 14.5. The Morgan fingerprint density at radius 2 is 1.82 bits per heavy atom. The molecule has 0 aliphatic rings. The van der Waals surface area contributed by atoms with Crippen LogP contribution in [-0.2, 0) is 11.0 Å². The second-order valence-electron chi connectivity index (χ2n) is 6.64. The van der Waals surface area contributed by atoms with E-state index in [1.165, 1.54) is 17.1 Å². The maximum Gasteiger partial charge on any atom is 0.431 e. The molecule has 0 aliphatic carbocycles. The van der Waals surface area contributed by atoms with Gasteiger partial charge in [0.1, 0.15) is 23.0 Å². The van der Waals surface area contributed by atoms with E-state index in [0.717, 1.165) is 6.07 Å². The van der Waals surface area contributed by atoms with Crippen molar-refractivity contribution in [3.05, 3.63) is 85.9 Å². The summed E-state index contributed by atoms with van der Waals surface area (Å²) in [5, 5.41) is -0.307. The van der Waals surface area contributed by atoms with Crippen LogP contribution in [0.3, 0.4) is 0 Å². The fourth-order valence-corrected chi connectivity index (χ4v) is 2.97. The van der Waals surface area contributed by atoms with E-state index in [9.17, 15) is 31.9 Å². The number of carbonyl (C=O) groups is 1. The van der Waals surface area contributed by atoms with Crippen LogP contribution < -0.4 is 20.7 Å². The van der Waals surface area contributed by atoms with E-state index in [4.69, 9.17) is 21.1 Å². The van der Waals surface area contributed by atoms with Crippen molar-refractivity contribution in [3.8, 4) is 17.2 Å². The van der Waals surface area contributed by atoms with Gasteiger partial charge in [0.05, 0.1) is 10.7 Å². The molecule has 0 spiro atoms. The van der Waals surface area contributed by atoms with Gasteiger partial charge in [0.2, 0.25) is 0 Å². The van der Waals surface area contributed by atoms with E-state index in [0.29, 0.717) is 6.07 Å². The molecule has 0 fully saturated rings. The van der Waals surface area contributed by atoms with E-state index in [2.05, 4.69) is 0 Å². The minimum atomic E-state index is -4.99. The van der Waals surface area contributed by atoms with Crippen LogP contribution in [0.15, 0.2) is 58.1 Å². The molecule has 0 saturated carbocycles. The van der Waals surface area contributed by atoms with E-state index < -0.39 is 46.7 Å². The van der Waals surface area contributed by atoms with Crippen molar-refractivity contribution in [2.24, 2.45) is 0 Å². The summed E-state index contributed by atoms with van der Waals surface area (Å²) < 4.78 is 63.8. The quantitative estimate of drug-likeness (QED) is 0.322. The molecule has 2 aromatic carbocycles. The lowest BCUT2D eigenvalue weighted by Crippen LogP contribution is -2.36. The summed E-state index contributed by atoms with van der Waals surface area (Å²) in [6, 6.07) is 9.73. The van der Waals surface area contributed by atoms with Crippen LogP contribution in [0.1, 0.15) is 19.0 Å². The largest absolute Gasteiger partial charge is 0.477 e. The van der Waals surface area contributed by atoms with Gasteiger partial charge in [-0.15, -0.1) is 0 Å². The third kappa shape index (κ3) is 5.43. The van der Waals surface area contributed by atoms with Crippen LogP contribution in [-0.4, -0.2) is 21.6 Å². The first-order valence-corrected chi connectivity index (χ1v) is 9.75. The highest BCUT2D eigenvalue weighted by atomic mass is 35.5. The lowest BCUT2D eigenvalue weighted by atomic mass is 10.2. The Bertz CT molecular complexity index is 1260. The molecule has 0 saturated heterocycles. The Morgan fingerprint density at radius 3 is 2.39 bits per heavy atom. The zero-order valence-electron chi connectivity index (χ0n) is 16.8. The molecule has 0 amide bonds. The number of rotatable bonds is 6. The van der Waals surface area contributed by atoms with Gasteiger partial charge < -0.3 is 14.5 Å². The predicted octanol–water partition coefficient (Wildman–Crippen LogP) is 4.10. The van der Waals surface area contributed by atoms with Gasteiger partial charge in [-0.1, -0.05) is 36.7 Å². The summed E-state index contributed by atoms with van der Waals surface area (Å²) in [5.74, 6) is -2.02. The third-order valence-corrected chi connectivity index (χ3v) is 4.64. The molecular formula is C21H15ClF4N2O5. The van der Waals surface area contributed by atoms with Gasteiger partial charge >= 0.3 is 17.8 Å². The number of benzene rings is 2.